The molecule has 4 aliphatic rings. The Morgan fingerprint density at radius 3 is 2.38 bits per heavy atom. The van der Waals surface area contributed by atoms with Crippen molar-refractivity contribution in [2.24, 2.45) is 5.92 Å². The van der Waals surface area contributed by atoms with Crippen molar-refractivity contribution < 1.29 is 51.4 Å². The van der Waals surface area contributed by atoms with Gasteiger partial charge in [-0.1, -0.05) is 43.2 Å². The van der Waals surface area contributed by atoms with Crippen LogP contribution in [0.15, 0.2) is 42.5 Å². The normalized spacial score (nSPS) is 24.2. The number of hydrogen-bond donors (Lipinski definition) is 4. The molecule has 2 saturated carbocycles. The zero-order chi connectivity index (χ0) is 46.5. The molecule has 350 valence electrons. The number of pyridine rings is 1. The van der Waals surface area contributed by atoms with E-state index in [9.17, 15) is 37.2 Å². The second kappa shape index (κ2) is 19.9. The van der Waals surface area contributed by atoms with Gasteiger partial charge in [-0.2, -0.15) is 0 Å². The van der Waals surface area contributed by atoms with Crippen LogP contribution in [-0.2, 0) is 38.7 Å². The molecule has 5 atom stereocenters. The molecule has 6 rings (SSSR count). The van der Waals surface area contributed by atoms with Gasteiger partial charge in [0.2, 0.25) is 21.8 Å². The lowest BCUT2D eigenvalue weighted by Crippen LogP contribution is -2.58. The first kappa shape index (κ1) is 48.2. The van der Waals surface area contributed by atoms with Gasteiger partial charge in [0.25, 0.3) is 11.8 Å². The van der Waals surface area contributed by atoms with Crippen molar-refractivity contribution in [2.75, 3.05) is 13.2 Å². The SMILES string of the molecule is CC(C)(C)OC(=O)CCCCCOc1cccc2ccc(C(=O)N[C@@H]3C[C@H]4C(=O)N[C@]5(C(=O)NS(=O)(=O)C6CC6)C[C@H]5C=CCCCCC[C@H](NC(=O)OC(C)(C)C)C(=O)N4C3)nc12. The highest BCUT2D eigenvalue weighted by Gasteiger charge is 2.62. The average Bonchev–Trinajstić information content (AvgIpc) is 4.13. The average molecular weight is 909 g/mol. The molecular formula is C46H64N6O11S. The number of sulfonamides is 1. The van der Waals surface area contributed by atoms with Crippen LogP contribution in [0.5, 0.6) is 5.75 Å². The Morgan fingerprint density at radius 1 is 0.906 bits per heavy atom. The summed E-state index contributed by atoms with van der Waals surface area (Å²) >= 11 is 0. The fraction of sp³-hybridized carbons (Fsp3) is 0.630. The predicted molar refractivity (Wildman–Crippen MR) is 237 cm³/mol. The van der Waals surface area contributed by atoms with E-state index >= 15 is 0 Å². The van der Waals surface area contributed by atoms with E-state index in [1.807, 2.05) is 45.1 Å². The summed E-state index contributed by atoms with van der Waals surface area (Å²) in [6.07, 6.45) is 9.34. The Balaban J connectivity index is 1.19. The topological polar surface area (TPSA) is 228 Å². The summed E-state index contributed by atoms with van der Waals surface area (Å²) in [5.74, 6) is -2.88. The van der Waals surface area contributed by atoms with Crippen molar-refractivity contribution >= 4 is 56.6 Å². The number of unbranched alkanes of at least 4 members (excludes halogenated alkanes) is 2. The maximum Gasteiger partial charge on any atom is 0.408 e. The highest BCUT2D eigenvalue weighted by atomic mass is 32.2. The summed E-state index contributed by atoms with van der Waals surface area (Å²) in [5, 5.41) is 8.58. The third-order valence-corrected chi connectivity index (χ3v) is 13.3. The molecule has 3 fully saturated rings. The lowest BCUT2D eigenvalue weighted by molar-refractivity contribution is -0.155. The number of rotatable bonds is 13. The molecule has 1 saturated heterocycles. The number of para-hydroxylation sites is 1. The Morgan fingerprint density at radius 2 is 1.66 bits per heavy atom. The largest absolute Gasteiger partial charge is 0.491 e. The number of carbonyl (C=O) groups is 6. The number of hydrogen-bond acceptors (Lipinski definition) is 12. The van der Waals surface area contributed by atoms with Gasteiger partial charge in [0.05, 0.1) is 11.9 Å². The molecule has 2 aliphatic heterocycles. The number of ether oxygens (including phenoxy) is 3. The number of fused-ring (bicyclic) bond motifs is 3. The highest BCUT2D eigenvalue weighted by molar-refractivity contribution is 7.91. The van der Waals surface area contributed by atoms with Crippen LogP contribution in [-0.4, -0.2) is 107 Å². The summed E-state index contributed by atoms with van der Waals surface area (Å²) in [6, 6.07) is 5.74. The molecular weight excluding hydrogens is 845 g/mol. The van der Waals surface area contributed by atoms with Crippen molar-refractivity contribution in [1.82, 2.24) is 30.6 Å². The van der Waals surface area contributed by atoms with Gasteiger partial charge >= 0.3 is 12.1 Å². The lowest BCUT2D eigenvalue weighted by Gasteiger charge is -2.30. The van der Waals surface area contributed by atoms with E-state index in [1.165, 1.54) is 4.90 Å². The zero-order valence-corrected chi connectivity index (χ0v) is 38.6. The summed E-state index contributed by atoms with van der Waals surface area (Å²) in [7, 11) is -3.94. The van der Waals surface area contributed by atoms with Crippen LogP contribution < -0.4 is 25.4 Å². The molecule has 2 aliphatic carbocycles. The van der Waals surface area contributed by atoms with Gasteiger partial charge < -0.3 is 35.1 Å². The van der Waals surface area contributed by atoms with Crippen LogP contribution in [0.2, 0.25) is 0 Å². The Hall–Kier alpha value is -5.26. The van der Waals surface area contributed by atoms with E-state index in [0.29, 0.717) is 62.8 Å². The molecule has 0 bridgehead atoms. The molecule has 17 nitrogen and oxygen atoms in total. The first-order valence-corrected chi connectivity index (χ1v) is 24.1. The van der Waals surface area contributed by atoms with E-state index in [4.69, 9.17) is 14.2 Å². The molecule has 18 heteroatoms. The van der Waals surface area contributed by atoms with Gasteiger partial charge in [-0.25, -0.2) is 18.2 Å². The van der Waals surface area contributed by atoms with Crippen LogP contribution >= 0.6 is 0 Å². The molecule has 5 amide bonds. The molecule has 0 radical (unpaired) electrons. The summed E-state index contributed by atoms with van der Waals surface area (Å²) in [5.41, 5.74) is -2.40. The van der Waals surface area contributed by atoms with Gasteiger partial charge in [0, 0.05) is 30.3 Å². The van der Waals surface area contributed by atoms with Crippen LogP contribution in [0.4, 0.5) is 4.79 Å². The molecule has 1 aromatic heterocycles. The second-order valence-electron chi connectivity index (χ2n) is 19.4. The highest BCUT2D eigenvalue weighted by Crippen LogP contribution is 2.46. The van der Waals surface area contributed by atoms with Crippen molar-refractivity contribution in [1.29, 1.82) is 0 Å². The third-order valence-electron chi connectivity index (χ3n) is 11.5. The minimum atomic E-state index is -3.94. The number of nitrogens with one attached hydrogen (secondary N) is 4. The zero-order valence-electron chi connectivity index (χ0n) is 37.8. The van der Waals surface area contributed by atoms with Crippen LogP contribution in [0.1, 0.15) is 136 Å². The molecule has 4 N–H and O–H groups in total. The molecule has 64 heavy (non-hydrogen) atoms. The second-order valence-corrected chi connectivity index (χ2v) is 21.4. The molecule has 0 spiro atoms. The Bertz CT molecular complexity index is 2230. The van der Waals surface area contributed by atoms with Gasteiger partial charge in [-0.3, -0.25) is 28.7 Å². The lowest BCUT2D eigenvalue weighted by atomic mass is 10.0. The number of carbonyl (C=O) groups excluding carboxylic acids is 6. The maximum absolute atomic E-state index is 14.5. The molecule has 2 aromatic rings. The molecule has 3 heterocycles. The number of benzene rings is 1. The minimum absolute atomic E-state index is 0.0447. The third kappa shape index (κ3) is 12.9. The van der Waals surface area contributed by atoms with E-state index in [-0.39, 0.29) is 37.5 Å². The summed E-state index contributed by atoms with van der Waals surface area (Å²) < 4.78 is 44.9. The first-order chi connectivity index (χ1) is 30.1. The number of esters is 1. The van der Waals surface area contributed by atoms with Crippen LogP contribution in [0.25, 0.3) is 10.9 Å². The Labute approximate surface area is 375 Å². The van der Waals surface area contributed by atoms with E-state index in [2.05, 4.69) is 25.7 Å². The summed E-state index contributed by atoms with van der Waals surface area (Å²) in [4.78, 5) is 87.8. The van der Waals surface area contributed by atoms with Gasteiger partial charge in [-0.05, 0) is 118 Å². The first-order valence-electron chi connectivity index (χ1n) is 22.5. The van der Waals surface area contributed by atoms with Gasteiger partial charge in [0.15, 0.2) is 0 Å². The van der Waals surface area contributed by atoms with Crippen molar-refractivity contribution in [3.63, 3.8) is 0 Å². The van der Waals surface area contributed by atoms with Crippen LogP contribution in [0.3, 0.4) is 0 Å². The number of aromatic nitrogens is 1. The van der Waals surface area contributed by atoms with Gasteiger partial charge in [0.1, 0.15) is 45.8 Å². The molecule has 1 aromatic carbocycles. The monoisotopic (exact) mass is 908 g/mol. The fourth-order valence-electron chi connectivity index (χ4n) is 8.10. The predicted octanol–water partition coefficient (Wildman–Crippen LogP) is 5.11. The van der Waals surface area contributed by atoms with E-state index < -0.39 is 85.8 Å². The standard InChI is InChI=1S/C46H64N6O11S/c1-44(2,3)62-37(53)20-13-10-14-25-61-36-19-15-16-29-21-24-33(48-38(29)36)39(54)47-31-26-35-40(55)50-46(42(57)51-64(59,60)32-22-23-32)27-30(46)17-11-8-7-9-12-18-34(41(56)52(35)28-31)49-43(58)63-45(4,5)6/h11,15-17,19,21,24,30-32,34-35H,7-10,12-14,18,20,22-23,25-28H2,1-6H3,(H,47,54)(H,49,58)(H,50,55)(H,51,57)/t30-,31-,34+,35+,46-/m1/s1. The number of amides is 5. The number of allylic oxidation sites excluding steroid dienone is 1. The van der Waals surface area contributed by atoms with Gasteiger partial charge in [-0.15, -0.1) is 0 Å². The minimum Gasteiger partial charge on any atom is -0.491 e. The van der Waals surface area contributed by atoms with E-state index in [0.717, 1.165) is 24.6 Å². The molecule has 0 unspecified atom stereocenters. The quantitative estimate of drug-likeness (QED) is 0.117. The Kier molecular flexibility index (Phi) is 15.0. The van der Waals surface area contributed by atoms with Crippen LogP contribution in [0, 0.1) is 5.92 Å². The smallest absolute Gasteiger partial charge is 0.408 e. The number of alkyl carbamates (subject to hydrolysis) is 1. The van der Waals surface area contributed by atoms with E-state index in [1.54, 1.807) is 39.0 Å². The van der Waals surface area contributed by atoms with Crippen molar-refractivity contribution in [2.45, 2.75) is 165 Å². The summed E-state index contributed by atoms with van der Waals surface area (Å²) in [6.45, 7) is 10.9. The van der Waals surface area contributed by atoms with Crippen molar-refractivity contribution in [3.8, 4) is 5.75 Å². The maximum atomic E-state index is 14.5. The fourth-order valence-corrected chi connectivity index (χ4v) is 9.46. The van der Waals surface area contributed by atoms with Crippen molar-refractivity contribution in [3.05, 3.63) is 48.2 Å². The number of nitrogens with zero attached hydrogens (tertiary/aromatic N) is 2.